The van der Waals surface area contributed by atoms with E-state index >= 15 is 0 Å². The van der Waals surface area contributed by atoms with Gasteiger partial charge in [0.05, 0.1) is 17.4 Å². The molecular formula is C18H15BrClN3O. The number of carbonyl (C=O) groups excluding carboxylic acids is 1. The van der Waals surface area contributed by atoms with Gasteiger partial charge in [0.25, 0.3) is 5.91 Å². The molecule has 0 unspecified atom stereocenters. The number of nitrogens with one attached hydrogen (secondary N) is 1. The maximum Gasteiger partial charge on any atom is 0.252 e. The van der Waals surface area contributed by atoms with Crippen LogP contribution in [0.2, 0.25) is 5.02 Å². The van der Waals surface area contributed by atoms with E-state index in [0.29, 0.717) is 23.6 Å². The van der Waals surface area contributed by atoms with Crippen molar-refractivity contribution in [3.63, 3.8) is 0 Å². The lowest BCUT2D eigenvalue weighted by atomic mass is 10.2. The maximum atomic E-state index is 12.2. The van der Waals surface area contributed by atoms with Gasteiger partial charge in [-0.05, 0) is 58.2 Å². The highest BCUT2D eigenvalue weighted by Crippen LogP contribution is 2.21. The summed E-state index contributed by atoms with van der Waals surface area (Å²) in [6.07, 6.45) is 4.49. The van der Waals surface area contributed by atoms with Gasteiger partial charge in [-0.3, -0.25) is 4.79 Å². The average Bonchev–Trinajstić information content (AvgIpc) is 3.06. The number of halogens is 2. The Morgan fingerprint density at radius 3 is 2.79 bits per heavy atom. The number of nitrogens with zero attached hydrogens (tertiary/aromatic N) is 2. The van der Waals surface area contributed by atoms with E-state index < -0.39 is 0 Å². The van der Waals surface area contributed by atoms with Crippen molar-refractivity contribution in [2.24, 2.45) is 0 Å². The topological polar surface area (TPSA) is 46.9 Å². The Balaban J connectivity index is 1.58. The Bertz CT molecular complexity index is 848. The summed E-state index contributed by atoms with van der Waals surface area (Å²) in [5, 5.41) is 7.78. The molecule has 24 heavy (non-hydrogen) atoms. The molecule has 122 valence electrons. The largest absolute Gasteiger partial charge is 0.352 e. The van der Waals surface area contributed by atoms with Crippen LogP contribution >= 0.6 is 27.5 Å². The molecule has 0 bridgehead atoms. The van der Waals surface area contributed by atoms with Gasteiger partial charge in [0.15, 0.2) is 0 Å². The molecule has 1 amide bonds. The van der Waals surface area contributed by atoms with Gasteiger partial charge < -0.3 is 5.32 Å². The van der Waals surface area contributed by atoms with Gasteiger partial charge in [-0.25, -0.2) is 4.68 Å². The number of amides is 1. The molecular weight excluding hydrogens is 390 g/mol. The van der Waals surface area contributed by atoms with Crippen molar-refractivity contribution in [1.29, 1.82) is 0 Å². The number of aromatic nitrogens is 2. The Kier molecular flexibility index (Phi) is 5.33. The fourth-order valence-corrected chi connectivity index (χ4v) is 2.90. The summed E-state index contributed by atoms with van der Waals surface area (Å²) in [4.78, 5) is 12.2. The third-order valence-corrected chi connectivity index (χ3v) is 4.46. The summed E-state index contributed by atoms with van der Waals surface area (Å²) in [5.74, 6) is -0.153. The minimum absolute atomic E-state index is 0.153. The fraction of sp³-hybridized carbons (Fsp3) is 0.111. The van der Waals surface area contributed by atoms with Crippen LogP contribution in [0.15, 0.2) is 65.4 Å². The number of rotatable bonds is 5. The summed E-state index contributed by atoms with van der Waals surface area (Å²) in [7, 11) is 0. The third-order valence-electron chi connectivity index (χ3n) is 3.53. The molecule has 1 aromatic heterocycles. The summed E-state index contributed by atoms with van der Waals surface area (Å²) in [6, 6.07) is 15.1. The third kappa shape index (κ3) is 4.04. The van der Waals surface area contributed by atoms with Gasteiger partial charge in [0.2, 0.25) is 0 Å². The van der Waals surface area contributed by atoms with Crippen molar-refractivity contribution in [3.8, 4) is 5.69 Å². The van der Waals surface area contributed by atoms with E-state index in [1.165, 1.54) is 0 Å². The van der Waals surface area contributed by atoms with Gasteiger partial charge in [0, 0.05) is 22.2 Å². The van der Waals surface area contributed by atoms with Crippen LogP contribution in [-0.4, -0.2) is 22.2 Å². The monoisotopic (exact) mass is 403 g/mol. The molecule has 2 aromatic carbocycles. The molecule has 0 saturated heterocycles. The Morgan fingerprint density at radius 1 is 1.21 bits per heavy atom. The minimum Gasteiger partial charge on any atom is -0.352 e. The average molecular weight is 405 g/mol. The van der Waals surface area contributed by atoms with Crippen LogP contribution in [0.4, 0.5) is 0 Å². The zero-order valence-electron chi connectivity index (χ0n) is 12.7. The van der Waals surface area contributed by atoms with E-state index in [0.717, 1.165) is 15.7 Å². The highest BCUT2D eigenvalue weighted by molar-refractivity contribution is 9.10. The number of para-hydroxylation sites is 1. The molecule has 0 atom stereocenters. The van der Waals surface area contributed by atoms with Crippen LogP contribution in [0.3, 0.4) is 0 Å². The smallest absolute Gasteiger partial charge is 0.252 e. The van der Waals surface area contributed by atoms with Crippen LogP contribution in [-0.2, 0) is 6.42 Å². The number of hydrogen-bond acceptors (Lipinski definition) is 2. The lowest BCUT2D eigenvalue weighted by Gasteiger charge is -2.06. The number of benzene rings is 2. The zero-order valence-corrected chi connectivity index (χ0v) is 15.1. The first-order valence-corrected chi connectivity index (χ1v) is 8.63. The first-order chi connectivity index (χ1) is 11.6. The molecule has 1 N–H and O–H groups in total. The standard InChI is InChI=1S/C18H15BrClN3O/c19-17-7-6-14(20)10-16(17)18(24)21-9-8-13-11-22-23(12-13)15-4-2-1-3-5-15/h1-7,10-12H,8-9H2,(H,21,24). The molecule has 3 aromatic rings. The lowest BCUT2D eigenvalue weighted by Crippen LogP contribution is -2.25. The number of hydrogen-bond donors (Lipinski definition) is 1. The second kappa shape index (κ2) is 7.64. The molecule has 0 spiro atoms. The molecule has 0 aliphatic rings. The predicted octanol–water partition coefficient (Wildman–Crippen LogP) is 4.26. The molecule has 0 aliphatic carbocycles. The van der Waals surface area contributed by atoms with Gasteiger partial charge in [-0.1, -0.05) is 29.8 Å². The fourth-order valence-electron chi connectivity index (χ4n) is 2.30. The molecule has 1 heterocycles. The van der Waals surface area contributed by atoms with Crippen molar-refractivity contribution in [3.05, 3.63) is 81.5 Å². The lowest BCUT2D eigenvalue weighted by molar-refractivity contribution is 0.0953. The van der Waals surface area contributed by atoms with Gasteiger partial charge in [0.1, 0.15) is 0 Å². The molecule has 0 fully saturated rings. The van der Waals surface area contributed by atoms with Crippen LogP contribution in [0.1, 0.15) is 15.9 Å². The SMILES string of the molecule is O=C(NCCc1cnn(-c2ccccc2)c1)c1cc(Cl)ccc1Br. The minimum atomic E-state index is -0.153. The highest BCUT2D eigenvalue weighted by atomic mass is 79.9. The van der Waals surface area contributed by atoms with E-state index in [-0.39, 0.29) is 5.91 Å². The van der Waals surface area contributed by atoms with Crippen molar-refractivity contribution in [2.45, 2.75) is 6.42 Å². The normalized spacial score (nSPS) is 10.6. The predicted molar refractivity (Wildman–Crippen MR) is 98.8 cm³/mol. The van der Waals surface area contributed by atoms with Gasteiger partial charge in [-0.15, -0.1) is 0 Å². The van der Waals surface area contributed by atoms with Crippen molar-refractivity contribution in [1.82, 2.24) is 15.1 Å². The summed E-state index contributed by atoms with van der Waals surface area (Å²) in [5.41, 5.74) is 2.60. The van der Waals surface area contributed by atoms with Crippen LogP contribution in [0.5, 0.6) is 0 Å². The molecule has 0 aliphatic heterocycles. The molecule has 6 heteroatoms. The first-order valence-electron chi connectivity index (χ1n) is 7.46. The molecule has 0 radical (unpaired) electrons. The second-order valence-electron chi connectivity index (χ2n) is 5.26. The highest BCUT2D eigenvalue weighted by Gasteiger charge is 2.10. The van der Waals surface area contributed by atoms with Gasteiger partial charge in [-0.2, -0.15) is 5.10 Å². The van der Waals surface area contributed by atoms with Crippen LogP contribution in [0.25, 0.3) is 5.69 Å². The van der Waals surface area contributed by atoms with Crippen molar-refractivity contribution >= 4 is 33.4 Å². The Morgan fingerprint density at radius 2 is 2.00 bits per heavy atom. The molecule has 0 saturated carbocycles. The molecule has 3 rings (SSSR count). The van der Waals surface area contributed by atoms with Crippen LogP contribution in [0, 0.1) is 0 Å². The van der Waals surface area contributed by atoms with Crippen LogP contribution < -0.4 is 5.32 Å². The second-order valence-corrected chi connectivity index (χ2v) is 6.55. The van der Waals surface area contributed by atoms with Crippen molar-refractivity contribution < 1.29 is 4.79 Å². The van der Waals surface area contributed by atoms with E-state index in [1.54, 1.807) is 18.2 Å². The van der Waals surface area contributed by atoms with E-state index in [4.69, 9.17) is 11.6 Å². The Hall–Kier alpha value is -2.11. The maximum absolute atomic E-state index is 12.2. The summed E-state index contributed by atoms with van der Waals surface area (Å²) < 4.78 is 2.55. The van der Waals surface area contributed by atoms with E-state index in [1.807, 2.05) is 47.4 Å². The quantitative estimate of drug-likeness (QED) is 0.690. The summed E-state index contributed by atoms with van der Waals surface area (Å²) in [6.45, 7) is 0.526. The summed E-state index contributed by atoms with van der Waals surface area (Å²) >= 11 is 9.30. The van der Waals surface area contributed by atoms with E-state index in [9.17, 15) is 4.79 Å². The Labute approximate surface area is 153 Å². The first kappa shape index (κ1) is 16.7. The van der Waals surface area contributed by atoms with Gasteiger partial charge >= 0.3 is 0 Å². The zero-order chi connectivity index (χ0) is 16.9. The van der Waals surface area contributed by atoms with Crippen molar-refractivity contribution in [2.75, 3.05) is 6.54 Å². The number of carbonyl (C=O) groups is 1. The molecule has 4 nitrogen and oxygen atoms in total. The van der Waals surface area contributed by atoms with E-state index in [2.05, 4.69) is 26.3 Å².